The third-order valence-corrected chi connectivity index (χ3v) is 11.6. The lowest BCUT2D eigenvalue weighted by molar-refractivity contribution is -0.119. The van der Waals surface area contributed by atoms with Crippen molar-refractivity contribution in [2.75, 3.05) is 13.1 Å². The first kappa shape index (κ1) is 59.3. The van der Waals surface area contributed by atoms with Crippen LogP contribution in [0.1, 0.15) is 118 Å². The summed E-state index contributed by atoms with van der Waals surface area (Å²) in [7, 11) is 0. The van der Waals surface area contributed by atoms with E-state index in [1.807, 2.05) is 62.4 Å². The minimum Gasteiger partial charge on any atom is -0.444 e. The summed E-state index contributed by atoms with van der Waals surface area (Å²) in [5, 5.41) is 41.2. The van der Waals surface area contributed by atoms with Gasteiger partial charge < -0.3 is 36.6 Å². The number of rotatable bonds is 20. The number of aromatic nitrogens is 12. The second kappa shape index (κ2) is 28.0. The van der Waals surface area contributed by atoms with Gasteiger partial charge >= 0.3 is 6.09 Å². The molecule has 2 atom stereocenters. The number of nitrogens with zero attached hydrogens (tertiary/aromatic N) is 12. The Labute approximate surface area is 468 Å². The Kier molecular flexibility index (Phi) is 20.3. The standard InChI is InChI=1S/C29H32FN9O4.C26H26FN9O3/c1-18(35-27(41)24-15-23(33-17-34-24)26(40)32-16-19-5-11-22(30)12-6-19)20-7-9-21(10-8-20)25-36-38-39(37-25)14-13-31-28(42)43-29(2,3)4;1-16(19-5-7-20(8-6-19)24-33-35-36(34-24)12-11-28-17(2)37)32-26(39)23-13-22(30-15-31-23)25(38)29-14-18-3-9-21(27)10-4-18/h5-12,15,17-18H,13-14,16H2,1-4H3,(H,31,42)(H,32,40)(H,35,41);3-10,13,15-16H,11-12,14H2,1-2H3,(H,28,37)(H,29,38)(H,32,39)/t18-;16-/m00/s1. The third kappa shape index (κ3) is 18.1. The molecule has 4 aromatic heterocycles. The highest BCUT2D eigenvalue weighted by molar-refractivity contribution is 5.98. The van der Waals surface area contributed by atoms with Crippen molar-refractivity contribution in [2.24, 2.45) is 0 Å². The number of nitrogens with one attached hydrogen (secondary N) is 6. The molecule has 4 aromatic carbocycles. The number of ether oxygens (including phenoxy) is 1. The summed E-state index contributed by atoms with van der Waals surface area (Å²) in [4.78, 5) is 92.1. The number of hydrogen-bond donors (Lipinski definition) is 6. The predicted molar refractivity (Wildman–Crippen MR) is 290 cm³/mol. The lowest BCUT2D eigenvalue weighted by Gasteiger charge is -2.19. The van der Waals surface area contributed by atoms with Crippen molar-refractivity contribution in [2.45, 2.75) is 85.4 Å². The highest BCUT2D eigenvalue weighted by Gasteiger charge is 2.20. The molecular weight excluding hydrogens is 1060 g/mol. The number of tetrazole rings is 2. The molecule has 0 aliphatic heterocycles. The molecule has 25 nitrogen and oxygen atoms in total. The van der Waals surface area contributed by atoms with Crippen LogP contribution in [0, 0.1) is 11.6 Å². The fraction of sp³-hybridized carbons (Fsp3) is 0.273. The summed E-state index contributed by atoms with van der Waals surface area (Å²) in [6, 6.07) is 28.0. The lowest BCUT2D eigenvalue weighted by Crippen LogP contribution is -2.34. The van der Waals surface area contributed by atoms with Gasteiger partial charge in [0, 0.05) is 56.4 Å². The fourth-order valence-electron chi connectivity index (χ4n) is 7.32. The summed E-state index contributed by atoms with van der Waals surface area (Å²) >= 11 is 0. The minimum atomic E-state index is -0.583. The Bertz CT molecular complexity index is 3480. The zero-order valence-corrected chi connectivity index (χ0v) is 45.4. The Hall–Kier alpha value is -10.3. The van der Waals surface area contributed by atoms with E-state index in [4.69, 9.17) is 4.74 Å². The first-order valence-electron chi connectivity index (χ1n) is 25.5. The predicted octanol–water partition coefficient (Wildman–Crippen LogP) is 5.04. The van der Waals surface area contributed by atoms with E-state index in [1.165, 1.54) is 52.9 Å². The number of halogens is 2. The van der Waals surface area contributed by atoms with Gasteiger partial charge in [0.1, 0.15) is 52.7 Å². The minimum absolute atomic E-state index is 0.0282. The average molecular weight is 1120 g/mol. The Balaban J connectivity index is 0.000000237. The number of amides is 6. The molecule has 82 heavy (non-hydrogen) atoms. The van der Waals surface area contributed by atoms with Crippen molar-refractivity contribution < 1.29 is 42.3 Å². The maximum Gasteiger partial charge on any atom is 0.407 e. The molecule has 8 rings (SSSR count). The van der Waals surface area contributed by atoms with E-state index in [1.54, 1.807) is 45.0 Å². The molecular formula is C55H58F2N18O7. The summed E-state index contributed by atoms with van der Waals surface area (Å²) in [6.45, 7) is 12.2. The van der Waals surface area contributed by atoms with Crippen LogP contribution in [0.25, 0.3) is 22.8 Å². The van der Waals surface area contributed by atoms with Crippen LogP contribution in [0.4, 0.5) is 13.6 Å². The fourth-order valence-corrected chi connectivity index (χ4v) is 7.32. The molecule has 0 spiro atoms. The quantitative estimate of drug-likeness (QED) is 0.0582. The molecule has 0 aliphatic rings. The highest BCUT2D eigenvalue weighted by Crippen LogP contribution is 2.21. The maximum absolute atomic E-state index is 13.1. The summed E-state index contributed by atoms with van der Waals surface area (Å²) in [5.41, 5.74) is 4.11. The lowest BCUT2D eigenvalue weighted by atomic mass is 10.1. The van der Waals surface area contributed by atoms with Gasteiger partial charge in [-0.15, -0.1) is 20.4 Å². The van der Waals surface area contributed by atoms with Crippen LogP contribution in [-0.4, -0.2) is 115 Å². The second-order valence-corrected chi connectivity index (χ2v) is 19.2. The van der Waals surface area contributed by atoms with E-state index in [2.05, 4.69) is 82.7 Å². The normalized spacial score (nSPS) is 11.7. The average Bonchev–Trinajstić information content (AvgIpc) is 4.19. The first-order chi connectivity index (χ1) is 39.2. The van der Waals surface area contributed by atoms with Crippen LogP contribution in [-0.2, 0) is 35.7 Å². The number of benzene rings is 4. The molecule has 0 bridgehead atoms. The third-order valence-electron chi connectivity index (χ3n) is 11.6. The zero-order valence-electron chi connectivity index (χ0n) is 45.4. The van der Waals surface area contributed by atoms with Crippen LogP contribution in [0.2, 0.25) is 0 Å². The number of carbonyl (C=O) groups is 6. The van der Waals surface area contributed by atoms with Crippen LogP contribution in [0.5, 0.6) is 0 Å². The zero-order chi connectivity index (χ0) is 58.8. The van der Waals surface area contributed by atoms with Crippen molar-refractivity contribution in [1.29, 1.82) is 0 Å². The van der Waals surface area contributed by atoms with E-state index < -0.39 is 35.3 Å². The summed E-state index contributed by atoms with van der Waals surface area (Å²) in [6.07, 6.45) is 1.78. The maximum atomic E-state index is 13.1. The van der Waals surface area contributed by atoms with E-state index in [0.717, 1.165) is 46.0 Å². The van der Waals surface area contributed by atoms with Gasteiger partial charge in [0.05, 0.1) is 25.2 Å². The van der Waals surface area contributed by atoms with Gasteiger partial charge in [-0.1, -0.05) is 72.8 Å². The molecule has 0 aliphatic carbocycles. The monoisotopic (exact) mass is 1120 g/mol. The van der Waals surface area contributed by atoms with E-state index in [0.29, 0.717) is 31.3 Å². The highest BCUT2D eigenvalue weighted by atomic mass is 19.1. The van der Waals surface area contributed by atoms with E-state index in [-0.39, 0.29) is 72.0 Å². The van der Waals surface area contributed by atoms with Gasteiger partial charge in [-0.05, 0) is 91.6 Å². The number of hydrogen-bond acceptors (Lipinski definition) is 17. The van der Waals surface area contributed by atoms with Gasteiger partial charge in [0.15, 0.2) is 0 Å². The molecule has 0 radical (unpaired) electrons. The molecule has 0 saturated carbocycles. The first-order valence-corrected chi connectivity index (χ1v) is 25.5. The molecule has 0 fully saturated rings. The number of carbonyl (C=O) groups excluding carboxylic acids is 6. The summed E-state index contributed by atoms with van der Waals surface area (Å²) in [5.74, 6) is -1.93. The van der Waals surface area contributed by atoms with Gasteiger partial charge in [-0.3, -0.25) is 24.0 Å². The van der Waals surface area contributed by atoms with Crippen LogP contribution in [0.15, 0.2) is 122 Å². The van der Waals surface area contributed by atoms with Crippen molar-refractivity contribution in [3.05, 3.63) is 179 Å². The Morgan fingerprint density at radius 1 is 0.524 bits per heavy atom. The molecule has 6 N–H and O–H groups in total. The van der Waals surface area contributed by atoms with Crippen LogP contribution < -0.4 is 31.9 Å². The molecule has 8 aromatic rings. The SMILES string of the molecule is CC(=O)NCCn1nnc(-c2ccc([C@H](C)NC(=O)c3cc(C(=O)NCc4ccc(F)cc4)ncn3)cc2)n1.C[C@H](NC(=O)c1cc(C(=O)NCc2ccc(F)cc2)ncn1)c1ccc(-c2nnn(CCNC(=O)OC(C)(C)C)n2)cc1. The molecule has 4 heterocycles. The van der Waals surface area contributed by atoms with Crippen molar-refractivity contribution >= 4 is 35.6 Å². The van der Waals surface area contributed by atoms with Crippen molar-refractivity contribution in [3.63, 3.8) is 0 Å². The van der Waals surface area contributed by atoms with Crippen LogP contribution >= 0.6 is 0 Å². The van der Waals surface area contributed by atoms with E-state index >= 15 is 0 Å². The largest absolute Gasteiger partial charge is 0.444 e. The molecule has 0 unspecified atom stereocenters. The van der Waals surface area contributed by atoms with Gasteiger partial charge in [-0.2, -0.15) is 9.59 Å². The number of alkyl carbamates (subject to hydrolysis) is 1. The smallest absolute Gasteiger partial charge is 0.407 e. The van der Waals surface area contributed by atoms with Gasteiger partial charge in [0.2, 0.25) is 17.6 Å². The van der Waals surface area contributed by atoms with E-state index in [9.17, 15) is 37.5 Å². The van der Waals surface area contributed by atoms with Crippen LogP contribution in [0.3, 0.4) is 0 Å². The topological polar surface area (TPSA) is 323 Å². The van der Waals surface area contributed by atoms with Gasteiger partial charge in [0.25, 0.3) is 23.6 Å². The molecule has 27 heteroatoms. The molecule has 0 saturated heterocycles. The van der Waals surface area contributed by atoms with Crippen molar-refractivity contribution in [3.8, 4) is 22.8 Å². The second-order valence-electron chi connectivity index (χ2n) is 19.2. The van der Waals surface area contributed by atoms with Crippen molar-refractivity contribution in [1.82, 2.24) is 92.3 Å². The Morgan fingerprint density at radius 2 is 0.902 bits per heavy atom. The molecule has 6 amide bonds. The summed E-state index contributed by atoms with van der Waals surface area (Å²) < 4.78 is 31.3. The Morgan fingerprint density at radius 3 is 1.28 bits per heavy atom. The van der Waals surface area contributed by atoms with Gasteiger partial charge in [-0.25, -0.2) is 33.5 Å². The molecule has 424 valence electrons.